The van der Waals surface area contributed by atoms with Crippen LogP contribution in [0.25, 0.3) is 0 Å². The average molecular weight is 765 g/mol. The fourth-order valence-corrected chi connectivity index (χ4v) is 7.08. The fraction of sp³-hybridized carbons (Fsp3) is 0.960. The number of ether oxygens (including phenoxy) is 2. The van der Waals surface area contributed by atoms with Crippen LogP contribution in [0.4, 0.5) is 0 Å². The zero-order valence-corrected chi connectivity index (χ0v) is 38.1. The normalized spacial score (nSPS) is 11.3. The minimum atomic E-state index is -0.00292. The molecule has 0 aliphatic carbocycles. The summed E-state index contributed by atoms with van der Waals surface area (Å²) in [5.41, 5.74) is 0. The third-order valence-electron chi connectivity index (χ3n) is 10.8. The van der Waals surface area contributed by atoms with Gasteiger partial charge in [-0.15, -0.1) is 0 Å². The van der Waals surface area contributed by atoms with E-state index in [2.05, 4.69) is 41.5 Å². The Morgan fingerprint density at radius 1 is 0.315 bits per heavy atom. The Balaban J connectivity index is 0. The molecule has 0 atom stereocenters. The predicted molar refractivity (Wildman–Crippen MR) is 238 cm³/mol. The van der Waals surface area contributed by atoms with Crippen LogP contribution in [0.1, 0.15) is 286 Å². The Hall–Kier alpha value is -1.06. The van der Waals surface area contributed by atoms with Crippen molar-refractivity contribution in [1.82, 2.24) is 0 Å². The molecule has 0 spiro atoms. The standard InChI is InChI=1S/C28H56O2.C22H44O2/c1-4-5-6-7-8-17-20-23-26-30-28(29)25-22-19-16-14-12-10-9-11-13-15-18-21-24-27(2)3;1-4-5-20-24-22(23)19-17-15-13-11-9-7-6-8-10-12-14-16-18-21(2)3/h27H,4-26H2,1-3H3;21H,4-20H2,1-3H3. The lowest BCUT2D eigenvalue weighted by atomic mass is 10.0. The van der Waals surface area contributed by atoms with Crippen molar-refractivity contribution in [3.8, 4) is 0 Å². The number of rotatable bonds is 42. The van der Waals surface area contributed by atoms with E-state index in [9.17, 15) is 9.59 Å². The van der Waals surface area contributed by atoms with Gasteiger partial charge < -0.3 is 9.47 Å². The molecule has 0 aliphatic rings. The van der Waals surface area contributed by atoms with Crippen LogP contribution in [0.3, 0.4) is 0 Å². The summed E-state index contributed by atoms with van der Waals surface area (Å²) in [4.78, 5) is 23.2. The van der Waals surface area contributed by atoms with E-state index < -0.39 is 0 Å². The van der Waals surface area contributed by atoms with Gasteiger partial charge in [-0.3, -0.25) is 9.59 Å². The Kier molecular flexibility index (Phi) is 49.0. The second-order valence-electron chi connectivity index (χ2n) is 17.6. The lowest BCUT2D eigenvalue weighted by Gasteiger charge is -2.06. The van der Waals surface area contributed by atoms with Crippen molar-refractivity contribution >= 4 is 11.9 Å². The van der Waals surface area contributed by atoms with E-state index in [0.29, 0.717) is 26.1 Å². The first-order chi connectivity index (χ1) is 26.3. The molecule has 0 bridgehead atoms. The third-order valence-corrected chi connectivity index (χ3v) is 10.8. The molecule has 324 valence electrons. The van der Waals surface area contributed by atoms with Gasteiger partial charge in [0.2, 0.25) is 0 Å². The molecule has 0 amide bonds. The monoisotopic (exact) mass is 765 g/mol. The first-order valence-electron chi connectivity index (χ1n) is 24.6. The van der Waals surface area contributed by atoms with Gasteiger partial charge in [0, 0.05) is 12.8 Å². The van der Waals surface area contributed by atoms with E-state index in [1.54, 1.807) is 0 Å². The Labute approximate surface area is 340 Å². The Morgan fingerprint density at radius 3 is 0.852 bits per heavy atom. The molecule has 0 saturated carbocycles. The largest absolute Gasteiger partial charge is 0.466 e. The molecule has 0 heterocycles. The van der Waals surface area contributed by atoms with Crippen molar-refractivity contribution in [3.63, 3.8) is 0 Å². The molecule has 4 nitrogen and oxygen atoms in total. The summed E-state index contributed by atoms with van der Waals surface area (Å²) in [6, 6.07) is 0. The smallest absolute Gasteiger partial charge is 0.305 e. The number of carbonyl (C=O) groups is 2. The highest BCUT2D eigenvalue weighted by atomic mass is 16.5. The van der Waals surface area contributed by atoms with E-state index in [-0.39, 0.29) is 11.9 Å². The zero-order chi connectivity index (χ0) is 40.0. The summed E-state index contributed by atoms with van der Waals surface area (Å²) < 4.78 is 10.5. The SMILES string of the molecule is CCCCCCCCCCOC(=O)CCCCCCCCCCCCCCC(C)C.CCCCOC(=O)CCCCCCCCCCCCCCC(C)C. The minimum Gasteiger partial charge on any atom is -0.466 e. The quantitative estimate of drug-likeness (QED) is 0.0459. The molecule has 0 aromatic carbocycles. The minimum absolute atomic E-state index is 0.00292. The van der Waals surface area contributed by atoms with Crippen LogP contribution < -0.4 is 0 Å². The molecule has 0 N–H and O–H groups in total. The lowest BCUT2D eigenvalue weighted by Crippen LogP contribution is -2.05. The molecule has 0 aliphatic heterocycles. The summed E-state index contributed by atoms with van der Waals surface area (Å²) in [7, 11) is 0. The van der Waals surface area contributed by atoms with Crippen LogP contribution in [0.15, 0.2) is 0 Å². The first kappa shape index (κ1) is 55.0. The number of hydrogen-bond acceptors (Lipinski definition) is 4. The summed E-state index contributed by atoms with van der Waals surface area (Å²) >= 11 is 0. The van der Waals surface area contributed by atoms with Gasteiger partial charge in [-0.1, -0.05) is 247 Å². The van der Waals surface area contributed by atoms with Crippen molar-refractivity contribution in [2.24, 2.45) is 11.8 Å². The van der Waals surface area contributed by atoms with E-state index in [1.807, 2.05) is 0 Å². The summed E-state index contributed by atoms with van der Waals surface area (Å²) in [5, 5.41) is 0. The topological polar surface area (TPSA) is 52.6 Å². The zero-order valence-electron chi connectivity index (χ0n) is 38.1. The van der Waals surface area contributed by atoms with Crippen LogP contribution >= 0.6 is 0 Å². The molecule has 0 aromatic heterocycles. The first-order valence-corrected chi connectivity index (χ1v) is 24.6. The van der Waals surface area contributed by atoms with Crippen molar-refractivity contribution in [2.45, 2.75) is 286 Å². The highest BCUT2D eigenvalue weighted by Gasteiger charge is 2.04. The molecule has 0 fully saturated rings. The van der Waals surface area contributed by atoms with E-state index in [1.165, 1.54) is 199 Å². The average Bonchev–Trinajstić information content (AvgIpc) is 3.14. The molecule has 54 heavy (non-hydrogen) atoms. The third kappa shape index (κ3) is 53.0. The molecule has 0 saturated heterocycles. The van der Waals surface area contributed by atoms with Crippen molar-refractivity contribution in [3.05, 3.63) is 0 Å². The fourth-order valence-electron chi connectivity index (χ4n) is 7.08. The summed E-state index contributed by atoms with van der Waals surface area (Å²) in [5.74, 6) is 1.76. The highest BCUT2D eigenvalue weighted by Crippen LogP contribution is 2.16. The maximum absolute atomic E-state index is 11.8. The number of hydrogen-bond donors (Lipinski definition) is 0. The van der Waals surface area contributed by atoms with Crippen LogP contribution in [0.2, 0.25) is 0 Å². The lowest BCUT2D eigenvalue weighted by molar-refractivity contribution is -0.144. The van der Waals surface area contributed by atoms with Crippen molar-refractivity contribution in [2.75, 3.05) is 13.2 Å². The van der Waals surface area contributed by atoms with Crippen LogP contribution in [-0.4, -0.2) is 25.2 Å². The Morgan fingerprint density at radius 2 is 0.556 bits per heavy atom. The number of esters is 2. The van der Waals surface area contributed by atoms with Crippen LogP contribution in [0, 0.1) is 11.8 Å². The Bertz CT molecular complexity index is 717. The molecule has 4 heteroatoms. The highest BCUT2D eigenvalue weighted by molar-refractivity contribution is 5.69. The van der Waals surface area contributed by atoms with Gasteiger partial charge in [-0.2, -0.15) is 0 Å². The van der Waals surface area contributed by atoms with Gasteiger partial charge in [0.1, 0.15) is 0 Å². The summed E-state index contributed by atoms with van der Waals surface area (Å²) in [6.07, 6.45) is 48.6. The van der Waals surface area contributed by atoms with E-state index >= 15 is 0 Å². The molecular formula is C50H100O4. The van der Waals surface area contributed by atoms with Crippen LogP contribution in [-0.2, 0) is 19.1 Å². The molecule has 0 unspecified atom stereocenters. The van der Waals surface area contributed by atoms with Crippen molar-refractivity contribution in [1.29, 1.82) is 0 Å². The maximum atomic E-state index is 11.8. The van der Waals surface area contributed by atoms with Gasteiger partial charge >= 0.3 is 11.9 Å². The predicted octanol–water partition coefficient (Wildman–Crippen LogP) is 17.2. The second kappa shape index (κ2) is 48.1. The van der Waals surface area contributed by atoms with E-state index in [4.69, 9.17) is 9.47 Å². The van der Waals surface area contributed by atoms with Gasteiger partial charge in [0.15, 0.2) is 0 Å². The van der Waals surface area contributed by atoms with Crippen molar-refractivity contribution < 1.29 is 19.1 Å². The molecular weight excluding hydrogens is 665 g/mol. The van der Waals surface area contributed by atoms with E-state index in [0.717, 1.165) is 43.9 Å². The van der Waals surface area contributed by atoms with Crippen LogP contribution in [0.5, 0.6) is 0 Å². The van der Waals surface area contributed by atoms with Gasteiger partial charge in [-0.05, 0) is 37.5 Å². The van der Waals surface area contributed by atoms with Gasteiger partial charge in [0.25, 0.3) is 0 Å². The molecule has 0 radical (unpaired) electrons. The maximum Gasteiger partial charge on any atom is 0.305 e. The summed E-state index contributed by atoms with van der Waals surface area (Å²) in [6.45, 7) is 14.9. The molecule has 0 aromatic rings. The molecule has 0 rings (SSSR count). The second-order valence-corrected chi connectivity index (χ2v) is 17.6. The number of carbonyl (C=O) groups excluding carboxylic acids is 2. The van der Waals surface area contributed by atoms with Gasteiger partial charge in [-0.25, -0.2) is 0 Å². The number of unbranched alkanes of at least 4 members (excludes halogenated alkanes) is 30. The van der Waals surface area contributed by atoms with Gasteiger partial charge in [0.05, 0.1) is 13.2 Å².